The number of rotatable bonds is 4. The van der Waals surface area contributed by atoms with Gasteiger partial charge in [0.2, 0.25) is 0 Å². The van der Waals surface area contributed by atoms with Crippen LogP contribution in [0, 0.1) is 0 Å². The van der Waals surface area contributed by atoms with E-state index in [0.29, 0.717) is 0 Å². The topological polar surface area (TPSA) is 50.7 Å². The standard InChI is InChI=1S/C14H14N4S/c1-2-6-16-13-11-5-9-19-14(11)18-12(17-13)10-3-7-15-8-4-10/h3-5,7-9H,2,6H2,1H3,(H,16,17,18). The number of pyridine rings is 1. The zero-order valence-electron chi connectivity index (χ0n) is 10.6. The van der Waals surface area contributed by atoms with Gasteiger partial charge in [-0.3, -0.25) is 4.98 Å². The van der Waals surface area contributed by atoms with Gasteiger partial charge in [-0.25, -0.2) is 9.97 Å². The molecule has 0 spiro atoms. The summed E-state index contributed by atoms with van der Waals surface area (Å²) < 4.78 is 0. The molecule has 0 bridgehead atoms. The lowest BCUT2D eigenvalue weighted by molar-refractivity contribution is 0.971. The van der Waals surface area contributed by atoms with Gasteiger partial charge in [-0.15, -0.1) is 11.3 Å². The zero-order valence-corrected chi connectivity index (χ0v) is 11.4. The van der Waals surface area contributed by atoms with E-state index in [1.165, 1.54) is 0 Å². The van der Waals surface area contributed by atoms with Gasteiger partial charge in [0, 0.05) is 24.5 Å². The summed E-state index contributed by atoms with van der Waals surface area (Å²) in [5.41, 5.74) is 0.991. The van der Waals surface area contributed by atoms with Crippen LogP contribution in [0.15, 0.2) is 36.0 Å². The van der Waals surface area contributed by atoms with E-state index in [1.807, 2.05) is 17.5 Å². The average molecular weight is 270 g/mol. The molecule has 0 aliphatic heterocycles. The van der Waals surface area contributed by atoms with Crippen LogP contribution in [0.4, 0.5) is 5.82 Å². The van der Waals surface area contributed by atoms with Gasteiger partial charge in [0.15, 0.2) is 5.82 Å². The highest BCUT2D eigenvalue weighted by molar-refractivity contribution is 7.16. The lowest BCUT2D eigenvalue weighted by Crippen LogP contribution is -2.03. The quantitative estimate of drug-likeness (QED) is 0.787. The monoisotopic (exact) mass is 270 g/mol. The van der Waals surface area contributed by atoms with Crippen LogP contribution in [0.25, 0.3) is 21.6 Å². The summed E-state index contributed by atoms with van der Waals surface area (Å²) in [4.78, 5) is 14.3. The number of nitrogens with one attached hydrogen (secondary N) is 1. The predicted octanol–water partition coefficient (Wildman–Crippen LogP) is 3.58. The first-order valence-corrected chi connectivity index (χ1v) is 7.16. The fourth-order valence-electron chi connectivity index (χ4n) is 1.86. The molecule has 0 amide bonds. The van der Waals surface area contributed by atoms with E-state index in [-0.39, 0.29) is 0 Å². The van der Waals surface area contributed by atoms with Crippen molar-refractivity contribution >= 4 is 27.4 Å². The molecule has 4 nitrogen and oxygen atoms in total. The van der Waals surface area contributed by atoms with Crippen molar-refractivity contribution < 1.29 is 0 Å². The molecule has 0 unspecified atom stereocenters. The summed E-state index contributed by atoms with van der Waals surface area (Å²) in [6.07, 6.45) is 4.59. The molecule has 0 saturated carbocycles. The molecule has 0 fully saturated rings. The first-order valence-electron chi connectivity index (χ1n) is 6.28. The Morgan fingerprint density at radius 2 is 2.00 bits per heavy atom. The third-order valence-corrected chi connectivity index (χ3v) is 3.61. The van der Waals surface area contributed by atoms with Crippen LogP contribution in [-0.2, 0) is 0 Å². The van der Waals surface area contributed by atoms with Crippen LogP contribution in [0.1, 0.15) is 13.3 Å². The normalized spacial score (nSPS) is 10.8. The summed E-state index contributed by atoms with van der Waals surface area (Å²) >= 11 is 1.64. The number of aromatic nitrogens is 3. The Kier molecular flexibility index (Phi) is 3.37. The molecule has 3 aromatic heterocycles. The minimum Gasteiger partial charge on any atom is -0.369 e. The molecule has 5 heteroatoms. The van der Waals surface area contributed by atoms with Crippen molar-refractivity contribution in [3.63, 3.8) is 0 Å². The van der Waals surface area contributed by atoms with E-state index < -0.39 is 0 Å². The van der Waals surface area contributed by atoms with Gasteiger partial charge in [0.1, 0.15) is 10.6 Å². The molecular weight excluding hydrogens is 256 g/mol. The maximum absolute atomic E-state index is 4.64. The van der Waals surface area contributed by atoms with Gasteiger partial charge in [-0.05, 0) is 30.0 Å². The predicted molar refractivity (Wildman–Crippen MR) is 79.4 cm³/mol. The highest BCUT2D eigenvalue weighted by atomic mass is 32.1. The molecule has 0 aromatic carbocycles. The van der Waals surface area contributed by atoms with Gasteiger partial charge < -0.3 is 5.32 Å². The molecule has 3 heterocycles. The summed E-state index contributed by atoms with van der Waals surface area (Å²) in [6, 6.07) is 5.92. The van der Waals surface area contributed by atoms with Crippen LogP contribution in [0.3, 0.4) is 0 Å². The van der Waals surface area contributed by atoms with Crippen molar-refractivity contribution in [2.75, 3.05) is 11.9 Å². The van der Waals surface area contributed by atoms with Crippen LogP contribution >= 0.6 is 11.3 Å². The molecule has 1 N–H and O–H groups in total. The van der Waals surface area contributed by atoms with Crippen LogP contribution in [-0.4, -0.2) is 21.5 Å². The first-order chi connectivity index (χ1) is 9.38. The summed E-state index contributed by atoms with van der Waals surface area (Å²) in [5, 5.41) is 6.52. The Morgan fingerprint density at radius 3 is 2.79 bits per heavy atom. The largest absolute Gasteiger partial charge is 0.369 e. The molecule has 0 radical (unpaired) electrons. The smallest absolute Gasteiger partial charge is 0.163 e. The van der Waals surface area contributed by atoms with Gasteiger partial charge in [-0.2, -0.15) is 0 Å². The van der Waals surface area contributed by atoms with E-state index in [9.17, 15) is 0 Å². The molecule has 0 aliphatic rings. The highest BCUT2D eigenvalue weighted by Gasteiger charge is 2.09. The molecule has 0 saturated heterocycles. The van der Waals surface area contributed by atoms with Crippen molar-refractivity contribution in [3.05, 3.63) is 36.0 Å². The minimum atomic E-state index is 0.746. The molecule has 0 atom stereocenters. The second-order valence-corrected chi connectivity index (χ2v) is 5.09. The van der Waals surface area contributed by atoms with Crippen molar-refractivity contribution in [1.29, 1.82) is 0 Å². The minimum absolute atomic E-state index is 0.746. The van der Waals surface area contributed by atoms with Crippen LogP contribution in [0.5, 0.6) is 0 Å². The number of thiophene rings is 1. The molecule has 3 aromatic rings. The summed E-state index contributed by atoms with van der Waals surface area (Å²) in [6.45, 7) is 3.06. The fraction of sp³-hybridized carbons (Fsp3) is 0.214. The fourth-order valence-corrected chi connectivity index (χ4v) is 2.63. The molecule has 3 rings (SSSR count). The average Bonchev–Trinajstić information content (AvgIpc) is 2.94. The lowest BCUT2D eigenvalue weighted by atomic mass is 10.2. The first kappa shape index (κ1) is 12.0. The van der Waals surface area contributed by atoms with Gasteiger partial charge in [-0.1, -0.05) is 6.92 Å². The number of hydrogen-bond donors (Lipinski definition) is 1. The van der Waals surface area contributed by atoms with E-state index in [0.717, 1.165) is 40.4 Å². The van der Waals surface area contributed by atoms with E-state index >= 15 is 0 Å². The molecule has 96 valence electrons. The number of hydrogen-bond acceptors (Lipinski definition) is 5. The SMILES string of the molecule is CCCNc1nc(-c2ccncc2)nc2sccc12. The number of anilines is 1. The third kappa shape index (κ3) is 2.42. The van der Waals surface area contributed by atoms with Crippen molar-refractivity contribution in [1.82, 2.24) is 15.0 Å². The Bertz CT molecular complexity index is 678. The van der Waals surface area contributed by atoms with Crippen molar-refractivity contribution in [2.24, 2.45) is 0 Å². The maximum Gasteiger partial charge on any atom is 0.163 e. The Balaban J connectivity index is 2.11. The van der Waals surface area contributed by atoms with Crippen LogP contribution < -0.4 is 5.32 Å². The van der Waals surface area contributed by atoms with Crippen molar-refractivity contribution in [3.8, 4) is 11.4 Å². The Morgan fingerprint density at radius 1 is 1.16 bits per heavy atom. The molecule has 19 heavy (non-hydrogen) atoms. The maximum atomic E-state index is 4.64. The van der Waals surface area contributed by atoms with Crippen LogP contribution in [0.2, 0.25) is 0 Å². The second-order valence-electron chi connectivity index (χ2n) is 4.20. The van der Waals surface area contributed by atoms with Crippen molar-refractivity contribution in [2.45, 2.75) is 13.3 Å². The second kappa shape index (κ2) is 5.32. The zero-order chi connectivity index (χ0) is 13.1. The lowest BCUT2D eigenvalue weighted by Gasteiger charge is -2.07. The third-order valence-electron chi connectivity index (χ3n) is 2.81. The number of fused-ring (bicyclic) bond motifs is 1. The number of nitrogens with zero attached hydrogens (tertiary/aromatic N) is 3. The molecule has 0 aliphatic carbocycles. The van der Waals surface area contributed by atoms with E-state index in [1.54, 1.807) is 23.7 Å². The van der Waals surface area contributed by atoms with Gasteiger partial charge in [0.05, 0.1) is 5.39 Å². The Labute approximate surface area is 115 Å². The highest BCUT2D eigenvalue weighted by Crippen LogP contribution is 2.28. The summed E-state index contributed by atoms with van der Waals surface area (Å²) in [7, 11) is 0. The summed E-state index contributed by atoms with van der Waals surface area (Å²) in [5.74, 6) is 1.66. The van der Waals surface area contributed by atoms with E-state index in [2.05, 4.69) is 33.3 Å². The molecular formula is C14H14N4S. The Hall–Kier alpha value is -2.01. The van der Waals surface area contributed by atoms with E-state index in [4.69, 9.17) is 0 Å². The van der Waals surface area contributed by atoms with Gasteiger partial charge in [0.25, 0.3) is 0 Å². The van der Waals surface area contributed by atoms with Gasteiger partial charge >= 0.3 is 0 Å².